The van der Waals surface area contributed by atoms with Gasteiger partial charge in [0.05, 0.1) is 11.4 Å². The highest BCUT2D eigenvalue weighted by molar-refractivity contribution is 5.97. The SMILES string of the molecule is Cc1cccc(O[C@@H](C)C(=O)Nc2ccccc2N2CCN(C)CC2)c1. The largest absolute Gasteiger partial charge is 0.481 e. The van der Waals surface area contributed by atoms with E-state index in [0.29, 0.717) is 5.75 Å². The number of ether oxygens (including phenoxy) is 1. The van der Waals surface area contributed by atoms with Crippen LogP contribution in [0.4, 0.5) is 11.4 Å². The lowest BCUT2D eigenvalue weighted by Gasteiger charge is -2.35. The number of benzene rings is 2. The number of nitrogens with zero attached hydrogens (tertiary/aromatic N) is 2. The summed E-state index contributed by atoms with van der Waals surface area (Å²) in [6.07, 6.45) is -0.572. The summed E-state index contributed by atoms with van der Waals surface area (Å²) in [6, 6.07) is 15.7. The molecule has 0 spiro atoms. The van der Waals surface area contributed by atoms with Crippen molar-refractivity contribution in [1.29, 1.82) is 0 Å². The smallest absolute Gasteiger partial charge is 0.265 e. The van der Waals surface area contributed by atoms with Crippen LogP contribution >= 0.6 is 0 Å². The molecule has 1 heterocycles. The van der Waals surface area contributed by atoms with Crippen LogP contribution in [-0.4, -0.2) is 50.1 Å². The summed E-state index contributed by atoms with van der Waals surface area (Å²) < 4.78 is 5.80. The van der Waals surface area contributed by atoms with Crippen molar-refractivity contribution in [1.82, 2.24) is 4.90 Å². The normalized spacial score (nSPS) is 16.2. The van der Waals surface area contributed by atoms with Gasteiger partial charge in [0.1, 0.15) is 5.75 Å². The van der Waals surface area contributed by atoms with E-state index in [1.54, 1.807) is 6.92 Å². The van der Waals surface area contributed by atoms with Crippen molar-refractivity contribution in [3.8, 4) is 5.75 Å². The number of amides is 1. The number of para-hydroxylation sites is 2. The molecule has 3 rings (SSSR count). The van der Waals surface area contributed by atoms with Crippen molar-refractivity contribution in [2.24, 2.45) is 0 Å². The Morgan fingerprint density at radius 1 is 1.08 bits per heavy atom. The Labute approximate surface area is 155 Å². The lowest BCUT2D eigenvalue weighted by Crippen LogP contribution is -2.44. The molecule has 0 aromatic heterocycles. The number of nitrogens with one attached hydrogen (secondary N) is 1. The van der Waals surface area contributed by atoms with E-state index in [-0.39, 0.29) is 5.91 Å². The maximum atomic E-state index is 12.6. The minimum absolute atomic E-state index is 0.145. The Hall–Kier alpha value is -2.53. The van der Waals surface area contributed by atoms with Crippen molar-refractivity contribution in [3.05, 3.63) is 54.1 Å². The van der Waals surface area contributed by atoms with Crippen LogP contribution in [0.15, 0.2) is 48.5 Å². The third-order valence-electron chi connectivity index (χ3n) is 4.68. The average molecular weight is 353 g/mol. The summed E-state index contributed by atoms with van der Waals surface area (Å²) in [4.78, 5) is 17.3. The van der Waals surface area contributed by atoms with Gasteiger partial charge in [-0.1, -0.05) is 24.3 Å². The standard InChI is InChI=1S/C21H27N3O2/c1-16-7-6-8-18(15-16)26-17(2)21(25)22-19-9-4-5-10-20(19)24-13-11-23(3)12-14-24/h4-10,15,17H,11-14H2,1-3H3,(H,22,25)/t17-/m0/s1. The summed E-state index contributed by atoms with van der Waals surface area (Å²) in [6.45, 7) is 7.74. The maximum Gasteiger partial charge on any atom is 0.265 e. The minimum atomic E-state index is -0.572. The molecule has 26 heavy (non-hydrogen) atoms. The Kier molecular flexibility index (Phi) is 5.78. The fraction of sp³-hybridized carbons (Fsp3) is 0.381. The number of carbonyl (C=O) groups is 1. The van der Waals surface area contributed by atoms with Gasteiger partial charge in [-0.3, -0.25) is 4.79 Å². The number of likely N-dealkylation sites (N-methyl/N-ethyl adjacent to an activating group) is 1. The Morgan fingerprint density at radius 3 is 2.54 bits per heavy atom. The van der Waals surface area contributed by atoms with Crippen molar-refractivity contribution < 1.29 is 9.53 Å². The van der Waals surface area contributed by atoms with Crippen molar-refractivity contribution in [2.45, 2.75) is 20.0 Å². The first kappa shape index (κ1) is 18.3. The Balaban J connectivity index is 1.67. The van der Waals surface area contributed by atoms with Crippen LogP contribution in [-0.2, 0) is 4.79 Å². The van der Waals surface area contributed by atoms with Gasteiger partial charge in [-0.25, -0.2) is 0 Å². The minimum Gasteiger partial charge on any atom is -0.481 e. The fourth-order valence-corrected chi connectivity index (χ4v) is 3.08. The third-order valence-corrected chi connectivity index (χ3v) is 4.68. The summed E-state index contributed by atoms with van der Waals surface area (Å²) in [5, 5.41) is 3.03. The molecule has 1 amide bonds. The number of rotatable bonds is 5. The lowest BCUT2D eigenvalue weighted by molar-refractivity contribution is -0.122. The molecule has 0 aliphatic carbocycles. The highest BCUT2D eigenvalue weighted by atomic mass is 16.5. The highest BCUT2D eigenvalue weighted by Gasteiger charge is 2.20. The molecule has 2 aromatic carbocycles. The Bertz CT molecular complexity index is 754. The van der Waals surface area contributed by atoms with E-state index in [1.165, 1.54) is 0 Å². The van der Waals surface area contributed by atoms with E-state index in [4.69, 9.17) is 4.74 Å². The van der Waals surface area contributed by atoms with Crippen LogP contribution in [0.25, 0.3) is 0 Å². The predicted octanol–water partition coefficient (Wildman–Crippen LogP) is 3.15. The highest BCUT2D eigenvalue weighted by Crippen LogP contribution is 2.27. The van der Waals surface area contributed by atoms with Gasteiger partial charge in [-0.2, -0.15) is 0 Å². The molecular formula is C21H27N3O2. The third kappa shape index (κ3) is 4.55. The molecule has 1 aliphatic rings. The predicted molar refractivity (Wildman–Crippen MR) is 106 cm³/mol. The molecule has 5 nitrogen and oxygen atoms in total. The van der Waals surface area contributed by atoms with Crippen LogP contribution in [0.3, 0.4) is 0 Å². The molecule has 2 aromatic rings. The van der Waals surface area contributed by atoms with E-state index in [1.807, 2.05) is 49.4 Å². The number of aryl methyl sites for hydroxylation is 1. The second kappa shape index (κ2) is 8.23. The molecule has 138 valence electrons. The number of hydrogen-bond donors (Lipinski definition) is 1. The van der Waals surface area contributed by atoms with Gasteiger partial charge in [0.2, 0.25) is 0 Å². The molecule has 0 unspecified atom stereocenters. The topological polar surface area (TPSA) is 44.8 Å². The molecule has 1 N–H and O–H groups in total. The zero-order chi connectivity index (χ0) is 18.5. The van der Waals surface area contributed by atoms with Crippen LogP contribution in [0.1, 0.15) is 12.5 Å². The lowest BCUT2D eigenvalue weighted by atomic mass is 10.2. The summed E-state index contributed by atoms with van der Waals surface area (Å²) >= 11 is 0. The van der Waals surface area contributed by atoms with Crippen molar-refractivity contribution in [3.63, 3.8) is 0 Å². The van der Waals surface area contributed by atoms with Gasteiger partial charge in [-0.15, -0.1) is 0 Å². The molecule has 0 radical (unpaired) electrons. The number of anilines is 2. The quantitative estimate of drug-likeness (QED) is 0.897. The second-order valence-corrected chi connectivity index (χ2v) is 6.87. The Morgan fingerprint density at radius 2 is 1.81 bits per heavy atom. The zero-order valence-electron chi connectivity index (χ0n) is 15.7. The first-order valence-electron chi connectivity index (χ1n) is 9.09. The van der Waals surface area contributed by atoms with Gasteiger partial charge in [0.25, 0.3) is 5.91 Å². The monoisotopic (exact) mass is 353 g/mol. The van der Waals surface area contributed by atoms with E-state index in [0.717, 1.165) is 43.1 Å². The van der Waals surface area contributed by atoms with E-state index < -0.39 is 6.10 Å². The summed E-state index contributed by atoms with van der Waals surface area (Å²) in [7, 11) is 2.13. The van der Waals surface area contributed by atoms with Gasteiger partial charge < -0.3 is 19.9 Å². The van der Waals surface area contributed by atoms with Crippen molar-refractivity contribution in [2.75, 3.05) is 43.4 Å². The van der Waals surface area contributed by atoms with E-state index in [9.17, 15) is 4.79 Å². The first-order chi connectivity index (χ1) is 12.5. The maximum absolute atomic E-state index is 12.6. The van der Waals surface area contributed by atoms with E-state index >= 15 is 0 Å². The van der Waals surface area contributed by atoms with Crippen LogP contribution in [0.2, 0.25) is 0 Å². The summed E-state index contributed by atoms with van der Waals surface area (Å²) in [5.74, 6) is 0.563. The van der Waals surface area contributed by atoms with Gasteiger partial charge in [-0.05, 0) is 50.7 Å². The van der Waals surface area contributed by atoms with Crippen LogP contribution < -0.4 is 15.0 Å². The molecular weight excluding hydrogens is 326 g/mol. The molecule has 5 heteroatoms. The number of carbonyl (C=O) groups excluding carboxylic acids is 1. The van der Waals surface area contributed by atoms with Gasteiger partial charge in [0.15, 0.2) is 6.10 Å². The average Bonchev–Trinajstić information content (AvgIpc) is 2.63. The molecule has 0 bridgehead atoms. The molecule has 1 atom stereocenters. The zero-order valence-corrected chi connectivity index (χ0v) is 15.7. The van der Waals surface area contributed by atoms with E-state index in [2.05, 4.69) is 28.2 Å². The number of hydrogen-bond acceptors (Lipinski definition) is 4. The van der Waals surface area contributed by atoms with Crippen molar-refractivity contribution >= 4 is 17.3 Å². The van der Waals surface area contributed by atoms with Gasteiger partial charge >= 0.3 is 0 Å². The van der Waals surface area contributed by atoms with Crippen LogP contribution in [0, 0.1) is 6.92 Å². The van der Waals surface area contributed by atoms with Gasteiger partial charge in [0, 0.05) is 26.2 Å². The molecule has 1 saturated heterocycles. The fourth-order valence-electron chi connectivity index (χ4n) is 3.08. The molecule has 1 fully saturated rings. The molecule has 0 saturated carbocycles. The summed E-state index contributed by atoms with van der Waals surface area (Å²) in [5.41, 5.74) is 3.01. The second-order valence-electron chi connectivity index (χ2n) is 6.87. The first-order valence-corrected chi connectivity index (χ1v) is 9.09. The number of piperazine rings is 1. The van der Waals surface area contributed by atoms with Crippen LogP contribution in [0.5, 0.6) is 5.75 Å². The molecule has 1 aliphatic heterocycles.